The Labute approximate surface area is 187 Å². The van der Waals surface area contributed by atoms with Crippen LogP contribution < -0.4 is 9.47 Å². The lowest BCUT2D eigenvalue weighted by atomic mass is 9.95. The van der Waals surface area contributed by atoms with Crippen LogP contribution in [0.25, 0.3) is 5.76 Å². The molecule has 0 aromatic heterocycles. The fourth-order valence-electron chi connectivity index (χ4n) is 3.64. The number of methoxy groups -OCH3 is 2. The van der Waals surface area contributed by atoms with Crippen LogP contribution >= 0.6 is 0 Å². The molecule has 1 N–H and O–H groups in total. The molecule has 1 aliphatic rings. The Morgan fingerprint density at radius 3 is 2.31 bits per heavy atom. The number of benzene rings is 2. The molecule has 0 unspecified atom stereocenters. The molecular formula is C25H27NO6. The fraction of sp³-hybridized carbons (Fsp3) is 0.280. The van der Waals surface area contributed by atoms with Gasteiger partial charge < -0.3 is 24.2 Å². The second-order valence-electron chi connectivity index (χ2n) is 7.24. The van der Waals surface area contributed by atoms with Gasteiger partial charge in [0.15, 0.2) is 0 Å². The lowest BCUT2D eigenvalue weighted by Crippen LogP contribution is -2.31. The highest BCUT2D eigenvalue weighted by atomic mass is 16.5. The molecule has 7 nitrogen and oxygen atoms in total. The number of hydrogen-bond donors (Lipinski definition) is 1. The SMILES string of the molecule is C=CCOc1ccc([C@H]2C(=C(O)c3ccc(OC)cc3)C(=O)C(=O)N2CCCOC)cc1. The molecule has 0 aliphatic carbocycles. The molecule has 168 valence electrons. The van der Waals surface area contributed by atoms with Gasteiger partial charge in [0.1, 0.15) is 23.9 Å². The summed E-state index contributed by atoms with van der Waals surface area (Å²) in [6.07, 6.45) is 2.20. The summed E-state index contributed by atoms with van der Waals surface area (Å²) in [5.41, 5.74) is 1.18. The van der Waals surface area contributed by atoms with Gasteiger partial charge in [-0.05, 0) is 48.4 Å². The van der Waals surface area contributed by atoms with Gasteiger partial charge in [0.05, 0.1) is 18.7 Å². The van der Waals surface area contributed by atoms with Gasteiger partial charge in [-0.3, -0.25) is 9.59 Å². The molecule has 1 fully saturated rings. The maximum atomic E-state index is 13.0. The van der Waals surface area contributed by atoms with E-state index in [9.17, 15) is 14.7 Å². The van der Waals surface area contributed by atoms with E-state index in [0.29, 0.717) is 48.8 Å². The average molecular weight is 437 g/mol. The Balaban J connectivity index is 2.04. The first kappa shape index (κ1) is 23.1. The molecular weight excluding hydrogens is 410 g/mol. The monoisotopic (exact) mass is 437 g/mol. The third-order valence-electron chi connectivity index (χ3n) is 5.21. The molecule has 32 heavy (non-hydrogen) atoms. The second-order valence-corrected chi connectivity index (χ2v) is 7.24. The van der Waals surface area contributed by atoms with Crippen LogP contribution in [0.1, 0.15) is 23.6 Å². The van der Waals surface area contributed by atoms with E-state index in [2.05, 4.69) is 6.58 Å². The summed E-state index contributed by atoms with van der Waals surface area (Å²) in [5, 5.41) is 11.0. The van der Waals surface area contributed by atoms with E-state index in [0.717, 1.165) is 0 Å². The van der Waals surface area contributed by atoms with Crippen LogP contribution in [0, 0.1) is 0 Å². The van der Waals surface area contributed by atoms with Crippen LogP contribution in [0.2, 0.25) is 0 Å². The molecule has 0 spiro atoms. The molecule has 1 amide bonds. The summed E-state index contributed by atoms with van der Waals surface area (Å²) in [4.78, 5) is 27.3. The minimum absolute atomic E-state index is 0.0531. The molecule has 1 aliphatic heterocycles. The standard InChI is InChI=1S/C25H27NO6/c1-4-15-32-20-12-6-17(7-13-20)22-21(23(27)18-8-10-19(31-3)11-9-18)24(28)25(29)26(22)14-5-16-30-2/h4,6-13,22,27H,1,5,14-16H2,2-3H3/t22-/m0/s1. The lowest BCUT2D eigenvalue weighted by Gasteiger charge is -2.25. The molecule has 2 aromatic carbocycles. The van der Waals surface area contributed by atoms with E-state index in [1.165, 1.54) is 4.90 Å². The number of nitrogens with zero attached hydrogens (tertiary/aromatic N) is 1. The topological polar surface area (TPSA) is 85.3 Å². The van der Waals surface area contributed by atoms with Crippen molar-refractivity contribution in [1.29, 1.82) is 0 Å². The summed E-state index contributed by atoms with van der Waals surface area (Å²) in [6, 6.07) is 13.1. The third-order valence-corrected chi connectivity index (χ3v) is 5.21. The number of aliphatic hydroxyl groups excluding tert-OH is 1. The van der Waals surface area contributed by atoms with Gasteiger partial charge in [-0.25, -0.2) is 0 Å². The first-order chi connectivity index (χ1) is 15.5. The molecule has 1 atom stereocenters. The normalized spacial score (nSPS) is 17.4. The highest BCUT2D eigenvalue weighted by molar-refractivity contribution is 6.46. The van der Waals surface area contributed by atoms with Crippen LogP contribution in [0.5, 0.6) is 11.5 Å². The summed E-state index contributed by atoms with van der Waals surface area (Å²) in [7, 11) is 3.13. The van der Waals surface area contributed by atoms with E-state index in [1.807, 2.05) is 0 Å². The quantitative estimate of drug-likeness (QED) is 0.201. The summed E-state index contributed by atoms with van der Waals surface area (Å²) < 4.78 is 15.8. The number of amides is 1. The molecule has 7 heteroatoms. The number of ether oxygens (including phenoxy) is 3. The van der Waals surface area contributed by atoms with Crippen molar-refractivity contribution in [2.45, 2.75) is 12.5 Å². The van der Waals surface area contributed by atoms with Gasteiger partial charge in [-0.2, -0.15) is 0 Å². The van der Waals surface area contributed by atoms with Gasteiger partial charge in [-0.15, -0.1) is 0 Å². The minimum Gasteiger partial charge on any atom is -0.507 e. The van der Waals surface area contributed by atoms with Gasteiger partial charge in [0, 0.05) is 25.8 Å². The molecule has 2 aromatic rings. The van der Waals surface area contributed by atoms with Crippen LogP contribution in [-0.4, -0.2) is 55.7 Å². The van der Waals surface area contributed by atoms with E-state index in [4.69, 9.17) is 14.2 Å². The predicted molar refractivity (Wildman–Crippen MR) is 121 cm³/mol. The van der Waals surface area contributed by atoms with Crippen molar-refractivity contribution in [3.05, 3.63) is 77.9 Å². The highest BCUT2D eigenvalue weighted by Crippen LogP contribution is 2.40. The number of carbonyl (C=O) groups is 2. The highest BCUT2D eigenvalue weighted by Gasteiger charge is 2.45. The Bertz CT molecular complexity index is 994. The number of Topliss-reactive ketones (excluding diaryl/α,β-unsaturated/α-hetero) is 1. The van der Waals surface area contributed by atoms with Crippen molar-refractivity contribution < 1.29 is 28.9 Å². The lowest BCUT2D eigenvalue weighted by molar-refractivity contribution is -0.140. The van der Waals surface area contributed by atoms with Crippen molar-refractivity contribution in [2.75, 3.05) is 34.0 Å². The minimum atomic E-state index is -0.720. The zero-order valence-electron chi connectivity index (χ0n) is 18.2. The van der Waals surface area contributed by atoms with Crippen LogP contribution in [0.3, 0.4) is 0 Å². The van der Waals surface area contributed by atoms with Crippen molar-refractivity contribution in [3.8, 4) is 11.5 Å². The van der Waals surface area contributed by atoms with Crippen molar-refractivity contribution in [2.24, 2.45) is 0 Å². The first-order valence-corrected chi connectivity index (χ1v) is 10.3. The number of carbonyl (C=O) groups excluding carboxylic acids is 2. The van der Waals surface area contributed by atoms with Gasteiger partial charge in [-0.1, -0.05) is 24.8 Å². The van der Waals surface area contributed by atoms with Gasteiger partial charge in [0.2, 0.25) is 0 Å². The van der Waals surface area contributed by atoms with Gasteiger partial charge in [0.25, 0.3) is 11.7 Å². The van der Waals surface area contributed by atoms with E-state index >= 15 is 0 Å². The Hall–Kier alpha value is -3.58. The maximum Gasteiger partial charge on any atom is 0.295 e. The number of aliphatic hydroxyl groups is 1. The zero-order valence-corrected chi connectivity index (χ0v) is 18.2. The van der Waals surface area contributed by atoms with Crippen molar-refractivity contribution in [1.82, 2.24) is 4.90 Å². The Kier molecular flexibility index (Phi) is 7.68. The molecule has 1 heterocycles. The third kappa shape index (κ3) is 4.84. The number of ketones is 1. The Morgan fingerprint density at radius 1 is 1.06 bits per heavy atom. The van der Waals surface area contributed by atoms with Crippen LogP contribution in [0.4, 0.5) is 0 Å². The maximum absolute atomic E-state index is 13.0. The smallest absolute Gasteiger partial charge is 0.295 e. The fourth-order valence-corrected chi connectivity index (χ4v) is 3.64. The number of hydrogen-bond acceptors (Lipinski definition) is 6. The molecule has 0 bridgehead atoms. The zero-order chi connectivity index (χ0) is 23.1. The molecule has 0 radical (unpaired) electrons. The van der Waals surface area contributed by atoms with Crippen molar-refractivity contribution >= 4 is 17.4 Å². The molecule has 0 saturated carbocycles. The van der Waals surface area contributed by atoms with Crippen LogP contribution in [0.15, 0.2) is 66.8 Å². The average Bonchev–Trinajstić information content (AvgIpc) is 3.08. The molecule has 1 saturated heterocycles. The molecule has 3 rings (SSSR count). The van der Waals surface area contributed by atoms with E-state index in [1.54, 1.807) is 68.8 Å². The summed E-state index contributed by atoms with van der Waals surface area (Å²) >= 11 is 0. The van der Waals surface area contributed by atoms with Crippen molar-refractivity contribution in [3.63, 3.8) is 0 Å². The number of likely N-dealkylation sites (tertiary alicyclic amines) is 1. The second kappa shape index (κ2) is 10.6. The van der Waals surface area contributed by atoms with E-state index in [-0.39, 0.29) is 11.3 Å². The van der Waals surface area contributed by atoms with E-state index < -0.39 is 17.7 Å². The van der Waals surface area contributed by atoms with Gasteiger partial charge >= 0.3 is 0 Å². The Morgan fingerprint density at radius 2 is 1.72 bits per heavy atom. The summed E-state index contributed by atoms with van der Waals surface area (Å²) in [6.45, 7) is 4.76. The number of rotatable bonds is 10. The summed E-state index contributed by atoms with van der Waals surface area (Å²) in [5.74, 6) is -0.327. The predicted octanol–water partition coefficient (Wildman–Crippen LogP) is 3.72. The largest absolute Gasteiger partial charge is 0.507 e. The van der Waals surface area contributed by atoms with Crippen LogP contribution in [-0.2, 0) is 14.3 Å². The first-order valence-electron chi connectivity index (χ1n) is 10.3.